The fraction of sp³-hybridized carbons (Fsp3) is 0.950. The summed E-state index contributed by atoms with van der Waals surface area (Å²) in [5.41, 5.74) is 0.946. The van der Waals surface area contributed by atoms with Crippen LogP contribution in [-0.4, -0.2) is 24.4 Å². The molecule has 124 valence electrons. The molecule has 0 radical (unpaired) electrons. The van der Waals surface area contributed by atoms with Gasteiger partial charge in [0.1, 0.15) is 0 Å². The summed E-state index contributed by atoms with van der Waals surface area (Å²) in [4.78, 5) is 15.5. The second kappa shape index (κ2) is 4.51. The third kappa shape index (κ3) is 1.76. The highest BCUT2D eigenvalue weighted by Crippen LogP contribution is 2.79. The Morgan fingerprint density at radius 3 is 2.55 bits per heavy atom. The number of carbonyl (C=O) groups excluding carboxylic acids is 1. The first-order chi connectivity index (χ1) is 10.4. The van der Waals surface area contributed by atoms with Gasteiger partial charge in [0.05, 0.1) is 5.41 Å². The van der Waals surface area contributed by atoms with Gasteiger partial charge in [-0.3, -0.25) is 4.79 Å². The lowest BCUT2D eigenvalue weighted by atomic mass is 9.55. The molecule has 4 aliphatic carbocycles. The number of hydrogen-bond donors (Lipinski definition) is 0. The van der Waals surface area contributed by atoms with Crippen molar-refractivity contribution in [2.75, 3.05) is 13.6 Å². The van der Waals surface area contributed by atoms with Crippen LogP contribution in [-0.2, 0) is 4.79 Å². The Balaban J connectivity index is 1.54. The SMILES string of the molecule is CCC(C)(CC)CN(C)C(=O)C12CC3CC4CC(C1)C4(C3)C2. The van der Waals surface area contributed by atoms with Crippen LogP contribution in [0.25, 0.3) is 0 Å². The van der Waals surface area contributed by atoms with E-state index < -0.39 is 0 Å². The number of rotatable bonds is 5. The molecule has 5 unspecified atom stereocenters. The maximum Gasteiger partial charge on any atom is 0.228 e. The molecule has 0 saturated heterocycles. The monoisotopic (exact) mass is 303 g/mol. The van der Waals surface area contributed by atoms with E-state index in [1.165, 1.54) is 38.5 Å². The van der Waals surface area contributed by atoms with E-state index >= 15 is 0 Å². The van der Waals surface area contributed by atoms with Gasteiger partial charge in [0.25, 0.3) is 0 Å². The highest BCUT2D eigenvalue weighted by Gasteiger charge is 2.72. The Morgan fingerprint density at radius 1 is 1.14 bits per heavy atom. The molecule has 5 atom stereocenters. The lowest BCUT2D eigenvalue weighted by Gasteiger charge is -2.49. The maximum absolute atomic E-state index is 13.4. The maximum atomic E-state index is 13.4. The van der Waals surface area contributed by atoms with Crippen molar-refractivity contribution >= 4 is 5.91 Å². The van der Waals surface area contributed by atoms with E-state index in [4.69, 9.17) is 0 Å². The predicted molar refractivity (Wildman–Crippen MR) is 89.4 cm³/mol. The summed E-state index contributed by atoms with van der Waals surface area (Å²) in [6.45, 7) is 7.80. The third-order valence-corrected chi connectivity index (χ3v) is 8.59. The molecule has 4 saturated carbocycles. The molecule has 0 heterocycles. The van der Waals surface area contributed by atoms with Crippen molar-refractivity contribution in [2.24, 2.45) is 34.0 Å². The lowest BCUT2D eigenvalue weighted by Crippen LogP contribution is -2.47. The van der Waals surface area contributed by atoms with Crippen molar-refractivity contribution in [3.05, 3.63) is 0 Å². The summed E-state index contributed by atoms with van der Waals surface area (Å²) in [6, 6.07) is 0. The first kappa shape index (κ1) is 15.0. The number of nitrogens with zero attached hydrogens (tertiary/aromatic N) is 1. The minimum atomic E-state index is 0.0377. The molecular formula is C20H33NO. The van der Waals surface area contributed by atoms with Crippen LogP contribution in [0.2, 0.25) is 0 Å². The van der Waals surface area contributed by atoms with Gasteiger partial charge < -0.3 is 4.90 Å². The van der Waals surface area contributed by atoms with Gasteiger partial charge in [-0.05, 0) is 80.0 Å². The molecule has 0 aromatic heterocycles. The van der Waals surface area contributed by atoms with E-state index in [0.29, 0.717) is 11.3 Å². The average Bonchev–Trinajstić information content (AvgIpc) is 2.82. The Hall–Kier alpha value is -0.530. The first-order valence-corrected chi connectivity index (χ1v) is 9.62. The van der Waals surface area contributed by atoms with Crippen LogP contribution in [0.5, 0.6) is 0 Å². The zero-order valence-corrected chi connectivity index (χ0v) is 15.0. The fourth-order valence-electron chi connectivity index (χ4n) is 7.13. The number of hydrogen-bond acceptors (Lipinski definition) is 1. The number of fused-ring (bicyclic) bond motifs is 2. The summed E-state index contributed by atoms with van der Waals surface area (Å²) < 4.78 is 0. The summed E-state index contributed by atoms with van der Waals surface area (Å²) in [5, 5.41) is 0. The molecule has 4 fully saturated rings. The zero-order valence-electron chi connectivity index (χ0n) is 15.0. The Morgan fingerprint density at radius 2 is 1.86 bits per heavy atom. The molecule has 4 rings (SSSR count). The minimum absolute atomic E-state index is 0.0377. The van der Waals surface area contributed by atoms with E-state index in [-0.39, 0.29) is 10.8 Å². The number of amides is 1. The highest BCUT2D eigenvalue weighted by molar-refractivity contribution is 5.83. The lowest BCUT2D eigenvalue weighted by molar-refractivity contribution is -0.144. The van der Waals surface area contributed by atoms with Gasteiger partial charge >= 0.3 is 0 Å². The van der Waals surface area contributed by atoms with Gasteiger partial charge in [-0.25, -0.2) is 0 Å². The second-order valence-corrected chi connectivity index (χ2v) is 9.71. The van der Waals surface area contributed by atoms with Gasteiger partial charge in [0, 0.05) is 13.6 Å². The van der Waals surface area contributed by atoms with Crippen molar-refractivity contribution in [3.8, 4) is 0 Å². The summed E-state index contributed by atoms with van der Waals surface area (Å²) in [5.74, 6) is 3.25. The molecule has 1 spiro atoms. The van der Waals surface area contributed by atoms with E-state index in [9.17, 15) is 4.79 Å². The van der Waals surface area contributed by atoms with Gasteiger partial charge in [0.2, 0.25) is 5.91 Å². The summed E-state index contributed by atoms with van der Waals surface area (Å²) in [7, 11) is 2.08. The standard InChI is InChI=1S/C20H33NO/c1-5-18(3,6-2)13-21(4)17(22)19-9-14-7-15-8-16(11-19)20(15,10-14)12-19/h14-16H,5-13H2,1-4H3. The molecular weight excluding hydrogens is 270 g/mol. The number of carbonyl (C=O) groups is 1. The highest BCUT2D eigenvalue weighted by atomic mass is 16.2. The molecule has 22 heavy (non-hydrogen) atoms. The van der Waals surface area contributed by atoms with E-state index in [1.54, 1.807) is 0 Å². The van der Waals surface area contributed by atoms with Gasteiger partial charge in [-0.15, -0.1) is 0 Å². The van der Waals surface area contributed by atoms with Crippen LogP contribution in [0.4, 0.5) is 0 Å². The van der Waals surface area contributed by atoms with Crippen LogP contribution >= 0.6 is 0 Å². The van der Waals surface area contributed by atoms with E-state index in [0.717, 1.165) is 37.1 Å². The molecule has 1 amide bonds. The van der Waals surface area contributed by atoms with E-state index in [1.807, 2.05) is 0 Å². The van der Waals surface area contributed by atoms with Crippen molar-refractivity contribution < 1.29 is 4.79 Å². The second-order valence-electron chi connectivity index (χ2n) is 9.71. The average molecular weight is 303 g/mol. The Kier molecular flexibility index (Phi) is 3.08. The fourth-order valence-corrected chi connectivity index (χ4v) is 7.13. The molecule has 2 heteroatoms. The largest absolute Gasteiger partial charge is 0.345 e. The van der Waals surface area contributed by atoms with Crippen LogP contribution in [0.1, 0.15) is 72.1 Å². The van der Waals surface area contributed by atoms with Crippen LogP contribution in [0.15, 0.2) is 0 Å². The van der Waals surface area contributed by atoms with Crippen LogP contribution in [0.3, 0.4) is 0 Å². The molecule has 0 N–H and O–H groups in total. The van der Waals surface area contributed by atoms with Crippen molar-refractivity contribution in [3.63, 3.8) is 0 Å². The van der Waals surface area contributed by atoms with Gasteiger partial charge in [-0.1, -0.05) is 20.8 Å². The summed E-state index contributed by atoms with van der Waals surface area (Å²) in [6.07, 6.45) is 10.3. The van der Waals surface area contributed by atoms with Crippen molar-refractivity contribution in [1.82, 2.24) is 4.90 Å². The van der Waals surface area contributed by atoms with Crippen molar-refractivity contribution in [2.45, 2.75) is 72.1 Å². The molecule has 0 aliphatic heterocycles. The Bertz CT molecular complexity index is 492. The smallest absolute Gasteiger partial charge is 0.228 e. The molecule has 3 bridgehead atoms. The minimum Gasteiger partial charge on any atom is -0.345 e. The molecule has 4 aliphatic rings. The topological polar surface area (TPSA) is 20.3 Å². The molecule has 0 aromatic rings. The van der Waals surface area contributed by atoms with E-state index in [2.05, 4.69) is 32.7 Å². The normalized spacial score (nSPS) is 44.8. The van der Waals surface area contributed by atoms with Crippen LogP contribution in [0, 0.1) is 34.0 Å². The predicted octanol–water partition coefficient (Wildman–Crippen LogP) is 4.49. The van der Waals surface area contributed by atoms with Gasteiger partial charge in [0.15, 0.2) is 0 Å². The van der Waals surface area contributed by atoms with Gasteiger partial charge in [-0.2, -0.15) is 0 Å². The third-order valence-electron chi connectivity index (χ3n) is 8.59. The summed E-state index contributed by atoms with van der Waals surface area (Å²) >= 11 is 0. The molecule has 2 nitrogen and oxygen atoms in total. The first-order valence-electron chi connectivity index (χ1n) is 9.62. The Labute approximate surface area is 136 Å². The molecule has 0 aromatic carbocycles. The van der Waals surface area contributed by atoms with Crippen molar-refractivity contribution in [1.29, 1.82) is 0 Å². The zero-order chi connectivity index (χ0) is 15.8. The quantitative estimate of drug-likeness (QED) is 0.733. The van der Waals surface area contributed by atoms with Crippen LogP contribution < -0.4 is 0 Å².